The Hall–Kier alpha value is -6.94. The number of fused-ring (bicyclic) bond motifs is 4. The number of rotatable bonds is 11. The lowest BCUT2D eigenvalue weighted by Crippen LogP contribution is -2.57. The SMILES string of the molecule is COC(=O)C(NC(=O)N1C(=O)C2(c3ccccc31)C(C(=O)Nc1nc3ccccc3s1)C1C(=O)OC(c3ccccc3)C(c3ccccc3)N1C2c1ccccc1OCCO)C(C)C. The fourth-order valence-corrected chi connectivity index (χ4v) is 10.6. The Bertz CT molecular complexity index is 2720. The average molecular weight is 880 g/mol. The van der Waals surface area contributed by atoms with Gasteiger partial charge in [0.05, 0.1) is 47.6 Å². The first-order valence-electron chi connectivity index (χ1n) is 21.0. The normalized spacial score (nSPS) is 23.1. The van der Waals surface area contributed by atoms with Crippen molar-refractivity contribution in [2.75, 3.05) is 30.5 Å². The molecule has 3 N–H and O–H groups in total. The summed E-state index contributed by atoms with van der Waals surface area (Å²) in [6.45, 7) is 3.03. The molecular weight excluding hydrogens is 835 g/mol. The van der Waals surface area contributed by atoms with Gasteiger partial charge < -0.3 is 30.0 Å². The van der Waals surface area contributed by atoms with Crippen LogP contribution in [0.4, 0.5) is 15.6 Å². The van der Waals surface area contributed by atoms with E-state index in [4.69, 9.17) is 19.2 Å². The Balaban J connectivity index is 1.34. The number of esters is 2. The number of anilines is 2. The second-order valence-corrected chi connectivity index (χ2v) is 17.2. The second-order valence-electron chi connectivity index (χ2n) is 16.2. The maximum absolute atomic E-state index is 16.4. The molecule has 2 fully saturated rings. The summed E-state index contributed by atoms with van der Waals surface area (Å²) in [4.78, 5) is 82.9. The van der Waals surface area contributed by atoms with Crippen LogP contribution >= 0.6 is 11.3 Å². The monoisotopic (exact) mass is 879 g/mol. The molecule has 15 heteroatoms. The Morgan fingerprint density at radius 3 is 2.20 bits per heavy atom. The van der Waals surface area contributed by atoms with E-state index in [9.17, 15) is 14.7 Å². The number of nitrogens with zero attached hydrogens (tertiary/aromatic N) is 3. The summed E-state index contributed by atoms with van der Waals surface area (Å²) in [7, 11) is 1.21. The van der Waals surface area contributed by atoms with Gasteiger partial charge in [-0.2, -0.15) is 0 Å². The maximum Gasteiger partial charge on any atom is 0.329 e. The van der Waals surface area contributed by atoms with Crippen molar-refractivity contribution in [2.24, 2.45) is 11.8 Å². The number of thiazole rings is 1. The quantitative estimate of drug-likeness (QED) is 0.116. The van der Waals surface area contributed by atoms with Gasteiger partial charge in [-0.3, -0.25) is 19.3 Å². The minimum absolute atomic E-state index is 0.109. The fourth-order valence-electron chi connectivity index (χ4n) is 9.76. The zero-order valence-electron chi connectivity index (χ0n) is 35.1. The summed E-state index contributed by atoms with van der Waals surface area (Å²) < 4.78 is 18.6. The van der Waals surface area contributed by atoms with Gasteiger partial charge >= 0.3 is 18.0 Å². The number of cyclic esters (lactones) is 1. The van der Waals surface area contributed by atoms with Gasteiger partial charge in [0.25, 0.3) is 0 Å². The first kappa shape index (κ1) is 42.4. The summed E-state index contributed by atoms with van der Waals surface area (Å²) in [5.74, 6) is -4.75. The van der Waals surface area contributed by atoms with Gasteiger partial charge in [-0.05, 0) is 46.9 Å². The second kappa shape index (κ2) is 17.3. The van der Waals surface area contributed by atoms with E-state index in [0.717, 1.165) is 15.2 Å². The molecule has 7 atom stereocenters. The molecule has 0 aliphatic carbocycles. The van der Waals surface area contributed by atoms with Gasteiger partial charge in [0, 0.05) is 5.56 Å². The predicted octanol–water partition coefficient (Wildman–Crippen LogP) is 6.88. The molecule has 9 rings (SSSR count). The molecule has 14 nitrogen and oxygen atoms in total. The largest absolute Gasteiger partial charge is 0.491 e. The number of urea groups is 1. The highest BCUT2D eigenvalue weighted by Gasteiger charge is 2.76. The molecule has 3 aliphatic heterocycles. The molecule has 0 bridgehead atoms. The summed E-state index contributed by atoms with van der Waals surface area (Å²) in [5, 5.41) is 16.0. The number of hydrogen-bond donors (Lipinski definition) is 3. The Kier molecular flexibility index (Phi) is 11.5. The van der Waals surface area contributed by atoms with E-state index in [0.29, 0.717) is 16.6 Å². The van der Waals surface area contributed by atoms with E-state index in [-0.39, 0.29) is 35.3 Å². The molecule has 4 heterocycles. The van der Waals surface area contributed by atoms with Gasteiger partial charge in [0.15, 0.2) is 5.13 Å². The summed E-state index contributed by atoms with van der Waals surface area (Å²) in [6.07, 6.45) is -0.943. The smallest absolute Gasteiger partial charge is 0.329 e. The highest BCUT2D eigenvalue weighted by Crippen LogP contribution is 2.66. The van der Waals surface area contributed by atoms with E-state index in [1.165, 1.54) is 18.4 Å². The number of methoxy groups -OCH3 is 1. The van der Waals surface area contributed by atoms with Crippen molar-refractivity contribution in [2.45, 2.75) is 49.5 Å². The van der Waals surface area contributed by atoms with Crippen LogP contribution in [0.2, 0.25) is 0 Å². The Labute approximate surface area is 372 Å². The number of amides is 4. The Morgan fingerprint density at radius 2 is 1.50 bits per heavy atom. The first-order chi connectivity index (χ1) is 31.1. The van der Waals surface area contributed by atoms with E-state index >= 15 is 14.4 Å². The fraction of sp³-hybridized carbons (Fsp3) is 0.265. The van der Waals surface area contributed by atoms with E-state index < -0.39 is 77.3 Å². The van der Waals surface area contributed by atoms with Gasteiger partial charge in [-0.1, -0.05) is 134 Å². The molecule has 7 unspecified atom stereocenters. The molecule has 1 spiro atoms. The van der Waals surface area contributed by atoms with Crippen molar-refractivity contribution in [3.63, 3.8) is 0 Å². The summed E-state index contributed by atoms with van der Waals surface area (Å²) in [5.41, 5.74) is 0.809. The molecule has 2 saturated heterocycles. The van der Waals surface area contributed by atoms with Crippen molar-refractivity contribution in [3.05, 3.63) is 156 Å². The van der Waals surface area contributed by atoms with Crippen LogP contribution in [0.3, 0.4) is 0 Å². The number of carbonyl (C=O) groups is 5. The van der Waals surface area contributed by atoms with Crippen molar-refractivity contribution < 1.29 is 43.3 Å². The third-order valence-corrected chi connectivity index (χ3v) is 13.3. The van der Waals surface area contributed by atoms with Crippen LogP contribution in [-0.4, -0.2) is 77.2 Å². The molecule has 1 aromatic heterocycles. The van der Waals surface area contributed by atoms with Crippen molar-refractivity contribution >= 4 is 62.2 Å². The lowest BCUT2D eigenvalue weighted by molar-refractivity contribution is -0.178. The standard InChI is InChI=1S/C49H45N5O9S/c1-28(2)38(44(57)61-3)51-48(60)53-34-23-13-11-21-32(34)49(46(53)59)37(43(56)52-47-50-33-22-12-15-25-36(33)64-47)40-45(58)63-41(30-18-8-5-9-19-30)39(29-16-6-4-7-17-29)54(40)42(49)31-20-10-14-24-35(31)62-27-26-55/h4-25,28,37-42,55H,26-27H2,1-3H3,(H,51,60)(H,50,52,56). The number of aliphatic hydroxyl groups excluding tert-OH is 1. The van der Waals surface area contributed by atoms with Crippen LogP contribution < -0.4 is 20.3 Å². The minimum atomic E-state index is -2.08. The topological polar surface area (TPSA) is 177 Å². The number of imide groups is 1. The van der Waals surface area contributed by atoms with E-state index in [2.05, 4.69) is 10.6 Å². The molecule has 5 aromatic carbocycles. The van der Waals surface area contributed by atoms with E-state index in [1.54, 1.807) is 62.4 Å². The molecule has 0 saturated carbocycles. The zero-order chi connectivity index (χ0) is 44.7. The molecular formula is C49H45N5O9S. The van der Waals surface area contributed by atoms with Crippen LogP contribution in [-0.2, 0) is 34.1 Å². The number of benzene rings is 5. The van der Waals surface area contributed by atoms with Gasteiger partial charge in [-0.25, -0.2) is 19.5 Å². The number of aliphatic hydroxyl groups is 1. The molecule has 6 aromatic rings. The third kappa shape index (κ3) is 6.96. The van der Waals surface area contributed by atoms with Gasteiger partial charge in [0.2, 0.25) is 11.8 Å². The molecule has 4 amide bonds. The average Bonchev–Trinajstić information content (AvgIpc) is 3.95. The summed E-state index contributed by atoms with van der Waals surface area (Å²) >= 11 is 1.24. The lowest BCUT2D eigenvalue weighted by atomic mass is 9.65. The van der Waals surface area contributed by atoms with Crippen LogP contribution in [0.5, 0.6) is 5.75 Å². The number of aromatic nitrogens is 1. The number of carbonyl (C=O) groups excluding carboxylic acids is 5. The van der Waals surface area contributed by atoms with Crippen molar-refractivity contribution in [3.8, 4) is 5.75 Å². The third-order valence-electron chi connectivity index (χ3n) is 12.3. The predicted molar refractivity (Wildman–Crippen MR) is 238 cm³/mol. The Morgan fingerprint density at radius 1 is 0.844 bits per heavy atom. The van der Waals surface area contributed by atoms with Crippen LogP contribution in [0, 0.1) is 11.8 Å². The lowest BCUT2D eigenvalue weighted by Gasteiger charge is -2.46. The van der Waals surface area contributed by atoms with Crippen LogP contribution in [0.25, 0.3) is 10.2 Å². The van der Waals surface area contributed by atoms with Crippen molar-refractivity contribution in [1.82, 2.24) is 15.2 Å². The first-order valence-corrected chi connectivity index (χ1v) is 21.8. The summed E-state index contributed by atoms with van der Waals surface area (Å²) in [6, 6.07) is 34.2. The minimum Gasteiger partial charge on any atom is -0.491 e. The number of hydrogen-bond acceptors (Lipinski definition) is 12. The van der Waals surface area contributed by atoms with Crippen LogP contribution in [0.15, 0.2) is 133 Å². The number of nitrogens with one attached hydrogen (secondary N) is 2. The van der Waals surface area contributed by atoms with Gasteiger partial charge in [-0.15, -0.1) is 0 Å². The molecule has 64 heavy (non-hydrogen) atoms. The zero-order valence-corrected chi connectivity index (χ0v) is 35.9. The molecule has 3 aliphatic rings. The van der Waals surface area contributed by atoms with Crippen LogP contribution in [0.1, 0.15) is 54.3 Å². The highest BCUT2D eigenvalue weighted by atomic mass is 32.1. The van der Waals surface area contributed by atoms with E-state index in [1.807, 2.05) is 89.8 Å². The van der Waals surface area contributed by atoms with Gasteiger partial charge in [0.1, 0.15) is 36.0 Å². The highest BCUT2D eigenvalue weighted by molar-refractivity contribution is 7.22. The number of morpholine rings is 1. The maximum atomic E-state index is 16.4. The molecule has 326 valence electrons. The number of para-hydroxylation sites is 3. The molecule has 0 radical (unpaired) electrons. The van der Waals surface area contributed by atoms with Crippen molar-refractivity contribution in [1.29, 1.82) is 0 Å². The number of ether oxygens (including phenoxy) is 3.